The monoisotopic (exact) mass is 286 g/mol. The van der Waals surface area contributed by atoms with E-state index in [1.54, 1.807) is 24.3 Å². The molecule has 1 amide bonds. The zero-order chi connectivity index (χ0) is 15.1. The predicted octanol–water partition coefficient (Wildman–Crippen LogP) is 1.42. The summed E-state index contributed by atoms with van der Waals surface area (Å²) in [4.78, 5) is 12.0. The van der Waals surface area contributed by atoms with Gasteiger partial charge in [-0.1, -0.05) is 23.1 Å². The molecule has 0 aliphatic heterocycles. The van der Waals surface area contributed by atoms with Gasteiger partial charge in [-0.25, -0.2) is 0 Å². The molecule has 2 aromatic rings. The number of aliphatic hydroxyl groups is 1. The molecule has 0 spiro atoms. The van der Waals surface area contributed by atoms with Crippen molar-refractivity contribution in [1.29, 1.82) is 0 Å². The van der Waals surface area contributed by atoms with Gasteiger partial charge >= 0.3 is 0 Å². The van der Waals surface area contributed by atoms with Crippen molar-refractivity contribution in [2.45, 2.75) is 6.61 Å². The van der Waals surface area contributed by atoms with Crippen molar-refractivity contribution in [3.63, 3.8) is 0 Å². The lowest BCUT2D eigenvalue weighted by Crippen LogP contribution is -2.12. The number of carbonyl (C=O) groups excluding carboxylic acids is 1. The van der Waals surface area contributed by atoms with E-state index in [0.717, 1.165) is 0 Å². The summed E-state index contributed by atoms with van der Waals surface area (Å²) >= 11 is 0. The Bertz CT molecular complexity index is 682. The van der Waals surface area contributed by atoms with Crippen molar-refractivity contribution in [3.05, 3.63) is 47.3 Å². The van der Waals surface area contributed by atoms with Gasteiger partial charge in [-0.3, -0.25) is 4.79 Å². The number of ether oxygens (including phenoxy) is 1. The number of aliphatic hydroxyl groups excluding tert-OH is 1. The molecule has 2 rings (SSSR count). The molecule has 21 heavy (non-hydrogen) atoms. The minimum absolute atomic E-state index is 0.175. The fourth-order valence-electron chi connectivity index (χ4n) is 1.64. The minimum Gasteiger partial charge on any atom is -0.384 e. The van der Waals surface area contributed by atoms with E-state index < -0.39 is 0 Å². The van der Waals surface area contributed by atoms with Crippen LogP contribution < -0.4 is 5.32 Å². The molecule has 2 N–H and O–H groups in total. The van der Waals surface area contributed by atoms with E-state index in [1.807, 2.05) is 0 Å². The smallest absolute Gasteiger partial charge is 0.277 e. The Morgan fingerprint density at radius 3 is 3.10 bits per heavy atom. The standard InChI is InChI=1S/C15H14N2O4/c1-20-10-13-9-14(17-21-13)15(19)16-12-6-2-4-11(8-12)5-3-7-18/h2,4,6,8-9,18H,7,10H2,1H3,(H,16,19). The summed E-state index contributed by atoms with van der Waals surface area (Å²) in [6.45, 7) is 0.0459. The van der Waals surface area contributed by atoms with E-state index in [4.69, 9.17) is 14.4 Å². The van der Waals surface area contributed by atoms with Crippen molar-refractivity contribution in [1.82, 2.24) is 5.16 Å². The maximum atomic E-state index is 12.0. The number of hydrogen-bond donors (Lipinski definition) is 2. The summed E-state index contributed by atoms with van der Waals surface area (Å²) in [7, 11) is 1.53. The second-order valence-corrected chi connectivity index (χ2v) is 4.11. The molecule has 6 nitrogen and oxygen atoms in total. The van der Waals surface area contributed by atoms with E-state index in [2.05, 4.69) is 22.3 Å². The van der Waals surface area contributed by atoms with Crippen LogP contribution in [0.1, 0.15) is 21.8 Å². The first-order valence-corrected chi connectivity index (χ1v) is 6.18. The van der Waals surface area contributed by atoms with Crippen LogP contribution in [0.5, 0.6) is 0 Å². The third-order valence-corrected chi connectivity index (χ3v) is 2.51. The van der Waals surface area contributed by atoms with Gasteiger partial charge in [0, 0.05) is 24.4 Å². The Balaban J connectivity index is 2.08. The fourth-order valence-corrected chi connectivity index (χ4v) is 1.64. The first-order valence-electron chi connectivity index (χ1n) is 6.18. The van der Waals surface area contributed by atoms with Crippen LogP contribution in [0.2, 0.25) is 0 Å². The average molecular weight is 286 g/mol. The quantitative estimate of drug-likeness (QED) is 0.830. The number of nitrogens with one attached hydrogen (secondary N) is 1. The number of hydrogen-bond acceptors (Lipinski definition) is 5. The molecule has 0 fully saturated rings. The van der Waals surface area contributed by atoms with Gasteiger partial charge in [0.2, 0.25) is 0 Å². The van der Waals surface area contributed by atoms with Gasteiger partial charge in [-0.05, 0) is 18.2 Å². The van der Waals surface area contributed by atoms with Crippen molar-refractivity contribution in [2.75, 3.05) is 19.0 Å². The molecule has 0 atom stereocenters. The fraction of sp³-hybridized carbons (Fsp3) is 0.200. The van der Waals surface area contributed by atoms with E-state index in [1.165, 1.54) is 13.2 Å². The van der Waals surface area contributed by atoms with Gasteiger partial charge in [0.15, 0.2) is 11.5 Å². The molecule has 0 saturated carbocycles. The maximum Gasteiger partial charge on any atom is 0.277 e. The number of rotatable bonds is 4. The van der Waals surface area contributed by atoms with Crippen LogP contribution in [-0.4, -0.2) is 29.9 Å². The number of carbonyl (C=O) groups is 1. The Hall–Kier alpha value is -2.62. The number of nitrogens with zero attached hydrogens (tertiary/aromatic N) is 1. The van der Waals surface area contributed by atoms with Gasteiger partial charge in [-0.15, -0.1) is 0 Å². The summed E-state index contributed by atoms with van der Waals surface area (Å²) in [6, 6.07) is 8.50. The highest BCUT2D eigenvalue weighted by Gasteiger charge is 2.12. The third kappa shape index (κ3) is 4.18. The third-order valence-electron chi connectivity index (χ3n) is 2.51. The Morgan fingerprint density at radius 2 is 2.33 bits per heavy atom. The normalized spacial score (nSPS) is 9.81. The lowest BCUT2D eigenvalue weighted by molar-refractivity contribution is 0.101. The van der Waals surface area contributed by atoms with Crippen LogP contribution in [-0.2, 0) is 11.3 Å². The molecule has 108 valence electrons. The lowest BCUT2D eigenvalue weighted by atomic mass is 10.2. The molecular formula is C15H14N2O4. The summed E-state index contributed by atoms with van der Waals surface area (Å²) in [5.41, 5.74) is 1.46. The Kier molecular flexibility index (Phi) is 5.10. The maximum absolute atomic E-state index is 12.0. The van der Waals surface area contributed by atoms with Gasteiger partial charge in [-0.2, -0.15) is 0 Å². The van der Waals surface area contributed by atoms with Crippen molar-refractivity contribution < 1.29 is 19.2 Å². The first-order chi connectivity index (χ1) is 10.2. The molecule has 0 bridgehead atoms. The number of methoxy groups -OCH3 is 1. The second kappa shape index (κ2) is 7.24. The summed E-state index contributed by atoms with van der Waals surface area (Å²) in [5, 5.41) is 15.0. The van der Waals surface area contributed by atoms with Crippen molar-refractivity contribution >= 4 is 11.6 Å². The van der Waals surface area contributed by atoms with E-state index in [-0.39, 0.29) is 24.8 Å². The van der Waals surface area contributed by atoms with Gasteiger partial charge in [0.1, 0.15) is 13.2 Å². The Morgan fingerprint density at radius 1 is 1.48 bits per heavy atom. The summed E-state index contributed by atoms with van der Waals surface area (Å²) in [5.74, 6) is 5.41. The molecule has 0 aliphatic rings. The van der Waals surface area contributed by atoms with Gasteiger partial charge in [0.25, 0.3) is 5.91 Å². The topological polar surface area (TPSA) is 84.6 Å². The first kappa shape index (κ1) is 14.8. The zero-order valence-corrected chi connectivity index (χ0v) is 11.4. The molecular weight excluding hydrogens is 272 g/mol. The Labute approximate surface area is 121 Å². The molecule has 6 heteroatoms. The number of aromatic nitrogens is 1. The van der Waals surface area contributed by atoms with E-state index >= 15 is 0 Å². The molecule has 1 heterocycles. The van der Waals surface area contributed by atoms with Crippen LogP contribution in [0.4, 0.5) is 5.69 Å². The highest BCUT2D eigenvalue weighted by molar-refractivity contribution is 6.02. The van der Waals surface area contributed by atoms with Crippen molar-refractivity contribution in [3.8, 4) is 11.8 Å². The zero-order valence-electron chi connectivity index (χ0n) is 11.4. The van der Waals surface area contributed by atoms with E-state index in [0.29, 0.717) is 17.0 Å². The van der Waals surface area contributed by atoms with Crippen molar-refractivity contribution in [2.24, 2.45) is 0 Å². The molecule has 0 saturated heterocycles. The van der Waals surface area contributed by atoms with Crippen LogP contribution >= 0.6 is 0 Å². The second-order valence-electron chi connectivity index (χ2n) is 4.11. The van der Waals surface area contributed by atoms with Crippen LogP contribution in [0.25, 0.3) is 0 Å². The van der Waals surface area contributed by atoms with Crippen LogP contribution in [0, 0.1) is 11.8 Å². The van der Waals surface area contributed by atoms with Crippen LogP contribution in [0.3, 0.4) is 0 Å². The minimum atomic E-state index is -0.381. The lowest BCUT2D eigenvalue weighted by Gasteiger charge is -2.02. The molecule has 1 aromatic heterocycles. The number of benzene rings is 1. The van der Waals surface area contributed by atoms with Gasteiger partial charge < -0.3 is 19.7 Å². The van der Waals surface area contributed by atoms with E-state index in [9.17, 15) is 4.79 Å². The molecule has 1 aromatic carbocycles. The molecule has 0 unspecified atom stereocenters. The number of anilines is 1. The van der Waals surface area contributed by atoms with Gasteiger partial charge in [0.05, 0.1) is 0 Å². The highest BCUT2D eigenvalue weighted by atomic mass is 16.5. The average Bonchev–Trinajstić information content (AvgIpc) is 2.95. The predicted molar refractivity (Wildman–Crippen MR) is 75.6 cm³/mol. The summed E-state index contributed by atoms with van der Waals surface area (Å²) in [6.07, 6.45) is 0. The largest absolute Gasteiger partial charge is 0.384 e. The summed E-state index contributed by atoms with van der Waals surface area (Å²) < 4.78 is 9.85. The number of amides is 1. The van der Waals surface area contributed by atoms with Crippen LogP contribution in [0.15, 0.2) is 34.9 Å². The molecule has 0 aliphatic carbocycles. The SMILES string of the molecule is COCc1cc(C(=O)Nc2cccc(C#CCO)c2)no1. The molecule has 0 radical (unpaired) electrons. The highest BCUT2D eigenvalue weighted by Crippen LogP contribution is 2.12.